The summed E-state index contributed by atoms with van der Waals surface area (Å²) in [5, 5.41) is 12.5. The molecule has 0 amide bonds. The zero-order chi connectivity index (χ0) is 10.9. The second-order valence-electron chi connectivity index (χ2n) is 3.83. The number of carbonyl (C=O) groups excluding carboxylic acids is 1. The summed E-state index contributed by atoms with van der Waals surface area (Å²) < 4.78 is 0. The van der Waals surface area contributed by atoms with Crippen LogP contribution in [0.2, 0.25) is 0 Å². The topological polar surface area (TPSA) is 57.2 Å². The van der Waals surface area contributed by atoms with E-state index in [1.807, 2.05) is 19.2 Å². The second-order valence-corrected chi connectivity index (χ2v) is 4.05. The van der Waals surface area contributed by atoms with Crippen LogP contribution in [0, 0.1) is 0 Å². The first kappa shape index (κ1) is 11.5. The number of quaternary nitrogens is 1. The zero-order valence-electron chi connectivity index (χ0n) is 8.62. The van der Waals surface area contributed by atoms with Gasteiger partial charge in [-0.3, -0.25) is 10.0 Å². The number of nitrogens with zero attached hydrogens (tertiary/aromatic N) is 1. The van der Waals surface area contributed by atoms with Crippen molar-refractivity contribution >= 4 is 17.4 Å². The second kappa shape index (κ2) is 3.88. The largest absolute Gasteiger partial charge is 0.309 e. The number of halogens is 1. The first-order chi connectivity index (χ1) is 6.46. The maximum absolute atomic E-state index is 11.2. The van der Waals surface area contributed by atoms with E-state index in [2.05, 4.69) is 0 Å². The number of hydrogen-bond acceptors (Lipinski definition) is 3. The lowest BCUT2D eigenvalue weighted by atomic mass is 9.97. The molecule has 2 atom stereocenters. The van der Waals surface area contributed by atoms with Crippen LogP contribution in [0.25, 0.3) is 0 Å². The molecule has 80 valence electrons. The van der Waals surface area contributed by atoms with E-state index in [0.29, 0.717) is 5.70 Å². The first-order valence-electron chi connectivity index (χ1n) is 4.61. The van der Waals surface area contributed by atoms with E-state index in [-0.39, 0.29) is 11.3 Å². The summed E-state index contributed by atoms with van der Waals surface area (Å²) in [4.78, 5) is 11.2. The average molecular weight is 220 g/mol. The molecule has 3 N–H and O–H groups in total. The number of Topliss-reactive ketones (excluding diaryl/α,β-unsaturated/α-hetero) is 1. The van der Waals surface area contributed by atoms with Gasteiger partial charge in [-0.1, -0.05) is 18.5 Å². The predicted octanol–water partition coefficient (Wildman–Crippen LogP) is 0.419. The third-order valence-corrected chi connectivity index (χ3v) is 3.08. The zero-order valence-corrected chi connectivity index (χ0v) is 9.38. The molecule has 1 fully saturated rings. The Morgan fingerprint density at radius 2 is 2.43 bits per heavy atom. The van der Waals surface area contributed by atoms with Crippen LogP contribution >= 0.6 is 11.6 Å². The van der Waals surface area contributed by atoms with Gasteiger partial charge in [-0.15, -0.1) is 0 Å². The van der Waals surface area contributed by atoms with Gasteiger partial charge in [0.05, 0.1) is 0 Å². The fourth-order valence-electron chi connectivity index (χ4n) is 1.68. The highest BCUT2D eigenvalue weighted by Gasteiger charge is 2.49. The van der Waals surface area contributed by atoms with Gasteiger partial charge in [0.15, 0.2) is 0 Å². The molecule has 14 heavy (non-hydrogen) atoms. The molecular weight excluding hydrogens is 204 g/mol. The van der Waals surface area contributed by atoms with Gasteiger partial charge in [0, 0.05) is 18.9 Å². The minimum absolute atomic E-state index is 0.0827. The van der Waals surface area contributed by atoms with Crippen LogP contribution in [-0.4, -0.2) is 27.8 Å². The molecule has 5 heteroatoms. The number of nitrogens with two attached hydrogens (primary N) is 1. The lowest BCUT2D eigenvalue weighted by molar-refractivity contribution is -0.730. The lowest BCUT2D eigenvalue weighted by Gasteiger charge is -2.18. The standard InChI is InChI=1S/C9H15ClN2O2/c1-4-9(3)7(5-10)12(14)8(11-9)6(2)13/h5,8,11,14H,4H2,1-3H3/p+1/b7-5-. The molecule has 0 aromatic rings. The monoisotopic (exact) mass is 219 g/mol. The van der Waals surface area contributed by atoms with Crippen LogP contribution in [0.3, 0.4) is 0 Å². The summed E-state index contributed by atoms with van der Waals surface area (Å²) in [6, 6.07) is 0. The van der Waals surface area contributed by atoms with Gasteiger partial charge < -0.3 is 5.32 Å². The number of ketones is 1. The Morgan fingerprint density at radius 3 is 2.71 bits per heavy atom. The number of rotatable bonds is 2. The summed E-state index contributed by atoms with van der Waals surface area (Å²) in [6.45, 7) is 5.40. The van der Waals surface area contributed by atoms with Crippen LogP contribution in [0.4, 0.5) is 0 Å². The van der Waals surface area contributed by atoms with Crippen molar-refractivity contribution in [1.29, 1.82) is 0 Å². The third kappa shape index (κ3) is 1.65. The van der Waals surface area contributed by atoms with Crippen molar-refractivity contribution < 1.29 is 15.3 Å². The summed E-state index contributed by atoms with van der Waals surface area (Å²) in [6.07, 6.45) is 0.233. The van der Waals surface area contributed by atoms with Crippen LogP contribution in [0.15, 0.2) is 11.2 Å². The Morgan fingerprint density at radius 1 is 1.86 bits per heavy atom. The maximum Gasteiger partial charge on any atom is 0.244 e. The van der Waals surface area contributed by atoms with E-state index in [4.69, 9.17) is 11.6 Å². The molecule has 0 radical (unpaired) electrons. The SMILES string of the molecule is CCC1(C)[NH2+]C(C(C)=O)N(O)/C1=C\Cl. The summed E-state index contributed by atoms with van der Waals surface area (Å²) >= 11 is 5.64. The van der Waals surface area contributed by atoms with E-state index in [0.717, 1.165) is 11.5 Å². The highest BCUT2D eigenvalue weighted by Crippen LogP contribution is 2.25. The van der Waals surface area contributed by atoms with Gasteiger partial charge in [-0.05, 0) is 6.92 Å². The number of carbonyl (C=O) groups is 1. The van der Waals surface area contributed by atoms with Crippen molar-refractivity contribution in [1.82, 2.24) is 5.06 Å². The van der Waals surface area contributed by atoms with Crippen molar-refractivity contribution in [3.05, 3.63) is 11.2 Å². The molecule has 0 saturated carbocycles. The van der Waals surface area contributed by atoms with Crippen molar-refractivity contribution in [3.8, 4) is 0 Å². The molecule has 0 aliphatic carbocycles. The fourth-order valence-corrected chi connectivity index (χ4v) is 2.03. The normalized spacial score (nSPS) is 35.4. The lowest BCUT2D eigenvalue weighted by Crippen LogP contribution is -2.98. The van der Waals surface area contributed by atoms with Gasteiger partial charge in [-0.25, -0.2) is 0 Å². The summed E-state index contributed by atoms with van der Waals surface area (Å²) in [7, 11) is 0. The third-order valence-electron chi connectivity index (χ3n) is 2.88. The van der Waals surface area contributed by atoms with E-state index in [9.17, 15) is 10.0 Å². The van der Waals surface area contributed by atoms with E-state index in [1.165, 1.54) is 12.5 Å². The minimum Gasteiger partial charge on any atom is -0.309 e. The molecule has 2 unspecified atom stereocenters. The molecule has 1 saturated heterocycles. The summed E-state index contributed by atoms with van der Waals surface area (Å²) in [5.74, 6) is -0.0827. The molecule has 0 aromatic carbocycles. The van der Waals surface area contributed by atoms with Crippen molar-refractivity contribution in [2.45, 2.75) is 38.9 Å². The van der Waals surface area contributed by atoms with Gasteiger partial charge in [0.2, 0.25) is 11.9 Å². The fraction of sp³-hybridized carbons (Fsp3) is 0.667. The Labute approximate surface area is 88.5 Å². The molecule has 1 rings (SSSR count). The van der Waals surface area contributed by atoms with Crippen LogP contribution in [0.1, 0.15) is 27.2 Å². The van der Waals surface area contributed by atoms with Gasteiger partial charge >= 0.3 is 0 Å². The number of hydrogen-bond donors (Lipinski definition) is 2. The highest BCUT2D eigenvalue weighted by molar-refractivity contribution is 6.25. The average Bonchev–Trinajstić information content (AvgIpc) is 2.39. The molecule has 4 nitrogen and oxygen atoms in total. The predicted molar refractivity (Wildman–Crippen MR) is 52.7 cm³/mol. The van der Waals surface area contributed by atoms with Crippen molar-refractivity contribution in [2.24, 2.45) is 0 Å². The molecule has 0 bridgehead atoms. The van der Waals surface area contributed by atoms with Gasteiger partial charge in [0.1, 0.15) is 11.2 Å². The van der Waals surface area contributed by atoms with Crippen LogP contribution < -0.4 is 5.32 Å². The Hall–Kier alpha value is -0.580. The highest BCUT2D eigenvalue weighted by atomic mass is 35.5. The molecule has 1 aliphatic rings. The molecule has 0 aromatic heterocycles. The molecular formula is C9H16ClN2O2+. The van der Waals surface area contributed by atoms with Crippen LogP contribution in [0.5, 0.6) is 0 Å². The van der Waals surface area contributed by atoms with Gasteiger partial charge in [-0.2, -0.15) is 5.06 Å². The van der Waals surface area contributed by atoms with E-state index in [1.54, 1.807) is 0 Å². The van der Waals surface area contributed by atoms with Crippen LogP contribution in [-0.2, 0) is 4.79 Å². The quantitative estimate of drug-likeness (QED) is 0.708. The summed E-state index contributed by atoms with van der Waals surface area (Å²) in [5.41, 5.74) is 1.61. The molecule has 1 heterocycles. The number of hydroxylamine groups is 2. The Balaban J connectivity index is 3.02. The Kier molecular flexibility index (Phi) is 3.19. The van der Waals surface area contributed by atoms with Crippen molar-refractivity contribution in [3.63, 3.8) is 0 Å². The first-order valence-corrected chi connectivity index (χ1v) is 5.05. The smallest absolute Gasteiger partial charge is 0.244 e. The minimum atomic E-state index is -0.565. The van der Waals surface area contributed by atoms with Crippen molar-refractivity contribution in [2.75, 3.05) is 0 Å². The Bertz CT molecular complexity index is 280. The van der Waals surface area contributed by atoms with E-state index < -0.39 is 6.17 Å². The molecule has 1 aliphatic heterocycles. The van der Waals surface area contributed by atoms with Gasteiger partial charge in [0.25, 0.3) is 0 Å². The molecule has 0 spiro atoms. The maximum atomic E-state index is 11.2. The van der Waals surface area contributed by atoms with E-state index >= 15 is 0 Å².